The fourth-order valence-electron chi connectivity index (χ4n) is 3.96. The second-order valence-corrected chi connectivity index (χ2v) is 7.40. The Kier molecular flexibility index (Phi) is 5.00. The molecule has 0 saturated carbocycles. The predicted molar refractivity (Wildman–Crippen MR) is 106 cm³/mol. The number of fused-ring (bicyclic) bond motifs is 1. The molecule has 28 heavy (non-hydrogen) atoms. The van der Waals surface area contributed by atoms with Crippen LogP contribution < -0.4 is 14.4 Å². The van der Waals surface area contributed by atoms with E-state index in [4.69, 9.17) is 21.1 Å². The van der Waals surface area contributed by atoms with Crippen molar-refractivity contribution < 1.29 is 19.1 Å². The molecule has 1 atom stereocenters. The molecule has 2 aromatic carbocycles. The Balaban J connectivity index is 1.58. The maximum absolute atomic E-state index is 13.0. The van der Waals surface area contributed by atoms with Crippen molar-refractivity contribution in [2.45, 2.75) is 25.4 Å². The van der Waals surface area contributed by atoms with Crippen LogP contribution in [-0.4, -0.2) is 43.5 Å². The fourth-order valence-corrected chi connectivity index (χ4v) is 4.14. The van der Waals surface area contributed by atoms with Crippen LogP contribution in [0.4, 0.5) is 5.69 Å². The van der Waals surface area contributed by atoms with Crippen LogP contribution in [0.25, 0.3) is 0 Å². The number of imide groups is 1. The Morgan fingerprint density at radius 3 is 2.43 bits per heavy atom. The van der Waals surface area contributed by atoms with Crippen LogP contribution in [0.1, 0.15) is 17.5 Å². The van der Waals surface area contributed by atoms with Crippen molar-refractivity contribution in [3.8, 4) is 11.5 Å². The molecule has 0 radical (unpaired) electrons. The fraction of sp³-hybridized carbons (Fsp3) is 0.333. The largest absolute Gasteiger partial charge is 0.493 e. The van der Waals surface area contributed by atoms with E-state index in [0.717, 1.165) is 12.0 Å². The lowest BCUT2D eigenvalue weighted by Gasteiger charge is -2.32. The summed E-state index contributed by atoms with van der Waals surface area (Å²) >= 11 is 6.03. The smallest absolute Gasteiger partial charge is 0.251 e. The summed E-state index contributed by atoms with van der Waals surface area (Å²) in [6.45, 7) is 1.29. The van der Waals surface area contributed by atoms with Crippen molar-refractivity contribution in [3.63, 3.8) is 0 Å². The Hall–Kier alpha value is -2.57. The molecule has 146 valence electrons. The molecule has 1 fully saturated rings. The number of ether oxygens (including phenoxy) is 2. The highest BCUT2D eigenvalue weighted by molar-refractivity contribution is 6.31. The molecule has 2 aliphatic rings. The van der Waals surface area contributed by atoms with Crippen LogP contribution in [0, 0.1) is 0 Å². The van der Waals surface area contributed by atoms with E-state index in [2.05, 4.69) is 4.90 Å². The van der Waals surface area contributed by atoms with Gasteiger partial charge in [0, 0.05) is 18.1 Å². The third kappa shape index (κ3) is 3.23. The zero-order valence-electron chi connectivity index (χ0n) is 15.8. The monoisotopic (exact) mass is 400 g/mol. The first-order valence-corrected chi connectivity index (χ1v) is 9.50. The van der Waals surface area contributed by atoms with E-state index < -0.39 is 6.04 Å². The minimum atomic E-state index is -0.465. The van der Waals surface area contributed by atoms with Gasteiger partial charge in [-0.2, -0.15) is 0 Å². The quantitative estimate of drug-likeness (QED) is 0.738. The third-order valence-corrected chi connectivity index (χ3v) is 5.61. The van der Waals surface area contributed by atoms with Gasteiger partial charge in [0.25, 0.3) is 5.91 Å². The van der Waals surface area contributed by atoms with Crippen molar-refractivity contribution in [3.05, 3.63) is 52.5 Å². The summed E-state index contributed by atoms with van der Waals surface area (Å²) in [6.07, 6.45) is 0.957. The Morgan fingerprint density at radius 1 is 1.04 bits per heavy atom. The van der Waals surface area contributed by atoms with E-state index in [0.29, 0.717) is 35.3 Å². The summed E-state index contributed by atoms with van der Waals surface area (Å²) in [5, 5.41) is 0.495. The molecule has 0 spiro atoms. The number of carbonyl (C=O) groups excluding carboxylic acids is 2. The van der Waals surface area contributed by atoms with Crippen molar-refractivity contribution in [2.75, 3.05) is 25.7 Å². The summed E-state index contributed by atoms with van der Waals surface area (Å²) in [4.78, 5) is 28.9. The number of anilines is 1. The first-order chi connectivity index (χ1) is 13.5. The molecule has 0 aromatic heterocycles. The van der Waals surface area contributed by atoms with Gasteiger partial charge in [-0.15, -0.1) is 0 Å². The zero-order chi connectivity index (χ0) is 19.8. The van der Waals surface area contributed by atoms with Gasteiger partial charge in [0.05, 0.1) is 32.4 Å². The Labute approximate surface area is 168 Å². The van der Waals surface area contributed by atoms with Crippen molar-refractivity contribution >= 4 is 29.1 Å². The third-order valence-electron chi connectivity index (χ3n) is 5.38. The summed E-state index contributed by atoms with van der Waals surface area (Å²) in [5.41, 5.74) is 2.79. The minimum Gasteiger partial charge on any atom is -0.493 e. The number of benzene rings is 2. The van der Waals surface area contributed by atoms with Crippen LogP contribution in [0.5, 0.6) is 11.5 Å². The highest BCUT2D eigenvalue weighted by atomic mass is 35.5. The van der Waals surface area contributed by atoms with Gasteiger partial charge in [-0.3, -0.25) is 14.5 Å². The molecular formula is C21H21ClN2O4. The van der Waals surface area contributed by atoms with Crippen molar-refractivity contribution in [2.24, 2.45) is 0 Å². The van der Waals surface area contributed by atoms with E-state index in [1.807, 2.05) is 12.1 Å². The number of hydrogen-bond donors (Lipinski definition) is 0. The maximum atomic E-state index is 13.0. The standard InChI is InChI=1S/C21H21ClN2O4/c1-27-18-8-13-6-7-23(12-14(13)9-19(18)28-2)17-11-20(25)24(21(17)26)16-5-3-4-15(22)10-16/h3-5,8-10,17H,6-7,11-12H2,1-2H3/t17-/m0/s1. The van der Waals surface area contributed by atoms with Gasteiger partial charge < -0.3 is 9.47 Å². The highest BCUT2D eigenvalue weighted by Gasteiger charge is 2.43. The van der Waals surface area contributed by atoms with Crippen LogP contribution in [-0.2, 0) is 22.6 Å². The van der Waals surface area contributed by atoms with Crippen LogP contribution in [0.2, 0.25) is 5.02 Å². The first-order valence-electron chi connectivity index (χ1n) is 9.12. The number of halogens is 1. The highest BCUT2D eigenvalue weighted by Crippen LogP contribution is 2.35. The molecule has 0 unspecified atom stereocenters. The van der Waals surface area contributed by atoms with Gasteiger partial charge in [-0.05, 0) is 47.9 Å². The summed E-state index contributed by atoms with van der Waals surface area (Å²) in [5.74, 6) is 0.970. The van der Waals surface area contributed by atoms with E-state index in [-0.39, 0.29) is 18.2 Å². The topological polar surface area (TPSA) is 59.1 Å². The summed E-state index contributed by atoms with van der Waals surface area (Å²) in [7, 11) is 3.22. The van der Waals surface area contributed by atoms with Crippen LogP contribution in [0.3, 0.4) is 0 Å². The van der Waals surface area contributed by atoms with Gasteiger partial charge in [-0.1, -0.05) is 17.7 Å². The van der Waals surface area contributed by atoms with Gasteiger partial charge in [-0.25, -0.2) is 4.90 Å². The molecule has 7 heteroatoms. The average molecular weight is 401 g/mol. The molecule has 6 nitrogen and oxygen atoms in total. The van der Waals surface area contributed by atoms with Crippen molar-refractivity contribution in [1.29, 1.82) is 0 Å². The molecule has 0 aliphatic carbocycles. The molecule has 0 bridgehead atoms. The molecular weight excluding hydrogens is 380 g/mol. The lowest BCUT2D eigenvalue weighted by Crippen LogP contribution is -2.44. The normalized spacial score (nSPS) is 19.7. The van der Waals surface area contributed by atoms with Gasteiger partial charge in [0.1, 0.15) is 0 Å². The van der Waals surface area contributed by atoms with E-state index >= 15 is 0 Å². The lowest BCUT2D eigenvalue weighted by molar-refractivity contribution is -0.123. The molecule has 4 rings (SSSR count). The SMILES string of the molecule is COc1cc2c(cc1OC)CN([C@H]1CC(=O)N(c3cccc(Cl)c3)C1=O)CC2. The number of hydrogen-bond acceptors (Lipinski definition) is 5. The Morgan fingerprint density at radius 2 is 1.75 bits per heavy atom. The van der Waals surface area contributed by atoms with E-state index in [1.165, 1.54) is 10.5 Å². The lowest BCUT2D eigenvalue weighted by atomic mass is 9.97. The number of methoxy groups -OCH3 is 2. The number of carbonyl (C=O) groups is 2. The van der Waals surface area contributed by atoms with Crippen LogP contribution in [0.15, 0.2) is 36.4 Å². The van der Waals surface area contributed by atoms with Crippen molar-refractivity contribution in [1.82, 2.24) is 4.90 Å². The molecule has 2 amide bonds. The van der Waals surface area contributed by atoms with Gasteiger partial charge >= 0.3 is 0 Å². The average Bonchev–Trinajstić information content (AvgIpc) is 3.00. The number of nitrogens with zero attached hydrogens (tertiary/aromatic N) is 2. The maximum Gasteiger partial charge on any atom is 0.251 e. The zero-order valence-corrected chi connectivity index (χ0v) is 16.5. The van der Waals surface area contributed by atoms with Gasteiger partial charge in [0.15, 0.2) is 11.5 Å². The van der Waals surface area contributed by atoms with Crippen LogP contribution >= 0.6 is 11.6 Å². The Bertz CT molecular complexity index is 946. The second-order valence-electron chi connectivity index (χ2n) is 6.96. The summed E-state index contributed by atoms with van der Waals surface area (Å²) in [6, 6.07) is 10.3. The molecule has 2 aliphatic heterocycles. The number of amides is 2. The molecule has 2 aromatic rings. The molecule has 1 saturated heterocycles. The van der Waals surface area contributed by atoms with E-state index in [9.17, 15) is 9.59 Å². The second kappa shape index (κ2) is 7.45. The van der Waals surface area contributed by atoms with E-state index in [1.54, 1.807) is 38.5 Å². The molecule has 0 N–H and O–H groups in total. The predicted octanol–water partition coefficient (Wildman–Crippen LogP) is 3.05. The minimum absolute atomic E-state index is 0.175. The first kappa shape index (κ1) is 18.8. The van der Waals surface area contributed by atoms with Gasteiger partial charge in [0.2, 0.25) is 5.91 Å². The summed E-state index contributed by atoms with van der Waals surface area (Å²) < 4.78 is 10.8. The molecule has 2 heterocycles. The number of rotatable bonds is 4.